The molecule has 3 aliphatic rings. The van der Waals surface area contributed by atoms with Crippen LogP contribution < -0.4 is 4.74 Å². The first kappa shape index (κ1) is 14.9. The molecule has 1 aliphatic carbocycles. The minimum Gasteiger partial charge on any atom is -0.497 e. The molecule has 23 heavy (non-hydrogen) atoms. The van der Waals surface area contributed by atoms with Gasteiger partial charge in [0.15, 0.2) is 5.78 Å². The summed E-state index contributed by atoms with van der Waals surface area (Å²) >= 11 is 0. The quantitative estimate of drug-likeness (QED) is 0.859. The zero-order valence-corrected chi connectivity index (χ0v) is 13.7. The number of hydrogen-bond acceptors (Lipinski definition) is 4. The van der Waals surface area contributed by atoms with Gasteiger partial charge in [-0.2, -0.15) is 0 Å². The summed E-state index contributed by atoms with van der Waals surface area (Å²) in [5, 5.41) is 0. The molecule has 0 amide bonds. The second-order valence-corrected chi connectivity index (χ2v) is 7.04. The van der Waals surface area contributed by atoms with Crippen molar-refractivity contribution in [1.82, 2.24) is 4.90 Å². The van der Waals surface area contributed by atoms with Crippen LogP contribution in [0.25, 0.3) is 0 Å². The van der Waals surface area contributed by atoms with E-state index in [0.29, 0.717) is 18.4 Å². The van der Waals surface area contributed by atoms with Crippen LogP contribution in [0, 0.1) is 11.3 Å². The Balaban J connectivity index is 1.55. The largest absolute Gasteiger partial charge is 0.497 e. The lowest BCUT2D eigenvalue weighted by Gasteiger charge is -2.33. The SMILES string of the molecule is COc1ccc(CN2C[C@]34C=CC(=O)CC3OC[C@H]4[C@@H]2C)cc1. The summed E-state index contributed by atoms with van der Waals surface area (Å²) < 4.78 is 11.2. The van der Waals surface area contributed by atoms with Crippen molar-refractivity contribution in [2.45, 2.75) is 32.0 Å². The molecular weight excluding hydrogens is 290 g/mol. The maximum Gasteiger partial charge on any atom is 0.158 e. The number of ketones is 1. The Labute approximate surface area is 137 Å². The van der Waals surface area contributed by atoms with E-state index in [1.165, 1.54) is 5.56 Å². The Morgan fingerprint density at radius 3 is 2.87 bits per heavy atom. The normalized spacial score (nSPS) is 36.1. The number of allylic oxidation sites excluding steroid dienone is 1. The lowest BCUT2D eigenvalue weighted by Crippen LogP contribution is -2.39. The number of ether oxygens (including phenoxy) is 2. The third kappa shape index (κ3) is 2.32. The standard InChI is InChI=1S/C19H23NO3/c1-13-17-11-23-18-9-15(21)7-8-19(17,18)12-20(13)10-14-3-5-16(22-2)6-4-14/h3-8,13,17-18H,9-12H2,1-2H3/t13-,17-,18?,19-/m0/s1. The summed E-state index contributed by atoms with van der Waals surface area (Å²) in [5.74, 6) is 1.57. The predicted molar refractivity (Wildman–Crippen MR) is 87.3 cm³/mol. The summed E-state index contributed by atoms with van der Waals surface area (Å²) in [5.41, 5.74) is 1.32. The van der Waals surface area contributed by atoms with Gasteiger partial charge in [-0.1, -0.05) is 18.2 Å². The number of carbonyl (C=O) groups excluding carboxylic acids is 1. The third-order valence-electron chi connectivity index (χ3n) is 5.91. The fraction of sp³-hybridized carbons (Fsp3) is 0.526. The number of rotatable bonds is 3. The lowest BCUT2D eigenvalue weighted by atomic mass is 9.70. The highest BCUT2D eigenvalue weighted by molar-refractivity contribution is 5.91. The van der Waals surface area contributed by atoms with Crippen molar-refractivity contribution in [2.24, 2.45) is 11.3 Å². The minimum absolute atomic E-state index is 0.0276. The first-order valence-corrected chi connectivity index (χ1v) is 8.33. The Bertz CT molecular complexity index is 639. The molecule has 4 atom stereocenters. The van der Waals surface area contributed by atoms with Crippen LogP contribution in [0.4, 0.5) is 0 Å². The Hall–Kier alpha value is -1.65. The van der Waals surface area contributed by atoms with E-state index < -0.39 is 0 Å². The van der Waals surface area contributed by atoms with E-state index in [1.54, 1.807) is 13.2 Å². The summed E-state index contributed by atoms with van der Waals surface area (Å²) in [6.07, 6.45) is 4.53. The molecule has 0 N–H and O–H groups in total. The first-order valence-electron chi connectivity index (χ1n) is 8.33. The predicted octanol–water partition coefficient (Wildman–Crippen LogP) is 2.43. The van der Waals surface area contributed by atoms with Crippen LogP contribution in [0.5, 0.6) is 5.75 Å². The maximum absolute atomic E-state index is 11.7. The fourth-order valence-corrected chi connectivity index (χ4v) is 4.52. The van der Waals surface area contributed by atoms with Crippen LogP contribution in [0.15, 0.2) is 36.4 Å². The van der Waals surface area contributed by atoms with Gasteiger partial charge in [-0.3, -0.25) is 9.69 Å². The molecule has 0 saturated carbocycles. The Morgan fingerprint density at radius 1 is 1.35 bits per heavy atom. The van der Waals surface area contributed by atoms with Crippen molar-refractivity contribution in [3.63, 3.8) is 0 Å². The molecular formula is C19H23NO3. The van der Waals surface area contributed by atoms with E-state index in [4.69, 9.17) is 9.47 Å². The number of methoxy groups -OCH3 is 1. The second kappa shape index (κ2) is 5.46. The van der Waals surface area contributed by atoms with Gasteiger partial charge in [-0.05, 0) is 30.7 Å². The first-order chi connectivity index (χ1) is 11.1. The molecule has 2 heterocycles. The molecule has 1 unspecified atom stereocenters. The van der Waals surface area contributed by atoms with Crippen LogP contribution in [-0.2, 0) is 16.1 Å². The highest BCUT2D eigenvalue weighted by atomic mass is 16.5. The molecule has 4 rings (SSSR count). The Morgan fingerprint density at radius 2 is 2.13 bits per heavy atom. The molecule has 4 nitrogen and oxygen atoms in total. The van der Waals surface area contributed by atoms with E-state index in [-0.39, 0.29) is 17.3 Å². The molecule has 1 aromatic rings. The number of carbonyl (C=O) groups is 1. The summed E-state index contributed by atoms with van der Waals surface area (Å²) in [6, 6.07) is 8.75. The average Bonchev–Trinajstić information content (AvgIpc) is 3.04. The van der Waals surface area contributed by atoms with Gasteiger partial charge >= 0.3 is 0 Å². The molecule has 0 radical (unpaired) electrons. The van der Waals surface area contributed by atoms with Gasteiger partial charge in [0.25, 0.3) is 0 Å². The van der Waals surface area contributed by atoms with Gasteiger partial charge in [0.1, 0.15) is 5.75 Å². The zero-order chi connectivity index (χ0) is 16.0. The number of nitrogens with zero attached hydrogens (tertiary/aromatic N) is 1. The third-order valence-corrected chi connectivity index (χ3v) is 5.91. The topological polar surface area (TPSA) is 38.8 Å². The Kier molecular flexibility index (Phi) is 3.54. The second-order valence-electron chi connectivity index (χ2n) is 7.04. The zero-order valence-electron chi connectivity index (χ0n) is 13.7. The van der Waals surface area contributed by atoms with Crippen molar-refractivity contribution >= 4 is 5.78 Å². The van der Waals surface area contributed by atoms with E-state index in [9.17, 15) is 4.79 Å². The number of likely N-dealkylation sites (tertiary alicyclic amines) is 1. The van der Waals surface area contributed by atoms with Crippen molar-refractivity contribution in [2.75, 3.05) is 20.3 Å². The van der Waals surface area contributed by atoms with Crippen LogP contribution in [0.3, 0.4) is 0 Å². The van der Waals surface area contributed by atoms with Gasteiger partial charge in [-0.15, -0.1) is 0 Å². The minimum atomic E-state index is 0.0276. The molecule has 1 aromatic carbocycles. The van der Waals surface area contributed by atoms with E-state index in [1.807, 2.05) is 12.1 Å². The van der Waals surface area contributed by atoms with Crippen LogP contribution in [0.1, 0.15) is 18.9 Å². The fourth-order valence-electron chi connectivity index (χ4n) is 4.52. The van der Waals surface area contributed by atoms with Gasteiger partial charge in [0.05, 0.1) is 19.8 Å². The highest BCUT2D eigenvalue weighted by Crippen LogP contribution is 2.52. The summed E-state index contributed by atoms with van der Waals surface area (Å²) in [6.45, 7) is 4.96. The molecule has 2 saturated heterocycles. The van der Waals surface area contributed by atoms with Crippen LogP contribution in [0.2, 0.25) is 0 Å². The summed E-state index contributed by atoms with van der Waals surface area (Å²) in [7, 11) is 1.69. The van der Waals surface area contributed by atoms with E-state index in [2.05, 4.69) is 30.0 Å². The van der Waals surface area contributed by atoms with E-state index in [0.717, 1.165) is 25.4 Å². The molecule has 1 spiro atoms. The van der Waals surface area contributed by atoms with Crippen LogP contribution >= 0.6 is 0 Å². The average molecular weight is 313 g/mol. The van der Waals surface area contributed by atoms with Gasteiger partial charge in [-0.25, -0.2) is 0 Å². The highest BCUT2D eigenvalue weighted by Gasteiger charge is 2.59. The number of hydrogen-bond donors (Lipinski definition) is 0. The van der Waals surface area contributed by atoms with Crippen LogP contribution in [-0.4, -0.2) is 43.1 Å². The van der Waals surface area contributed by atoms with Gasteiger partial charge < -0.3 is 9.47 Å². The molecule has 4 heteroatoms. The summed E-state index contributed by atoms with van der Waals surface area (Å²) in [4.78, 5) is 14.2. The van der Waals surface area contributed by atoms with Gasteiger partial charge in [0, 0.05) is 36.9 Å². The molecule has 122 valence electrons. The maximum atomic E-state index is 11.7. The van der Waals surface area contributed by atoms with E-state index >= 15 is 0 Å². The van der Waals surface area contributed by atoms with Gasteiger partial charge in [0.2, 0.25) is 0 Å². The van der Waals surface area contributed by atoms with Crippen molar-refractivity contribution in [3.8, 4) is 5.75 Å². The molecule has 2 fully saturated rings. The van der Waals surface area contributed by atoms with Crippen molar-refractivity contribution in [3.05, 3.63) is 42.0 Å². The monoisotopic (exact) mass is 313 g/mol. The lowest BCUT2D eigenvalue weighted by molar-refractivity contribution is -0.118. The van der Waals surface area contributed by atoms with Crippen molar-refractivity contribution < 1.29 is 14.3 Å². The molecule has 2 aliphatic heterocycles. The number of benzene rings is 1. The molecule has 0 bridgehead atoms. The van der Waals surface area contributed by atoms with Crippen molar-refractivity contribution in [1.29, 1.82) is 0 Å². The smallest absolute Gasteiger partial charge is 0.158 e. The molecule has 0 aromatic heterocycles.